The molecule has 166 valence electrons. The van der Waals surface area contributed by atoms with E-state index in [0.717, 1.165) is 5.57 Å². The number of amides is 2. The smallest absolute Gasteiger partial charge is 0.414 e. The third-order valence-electron chi connectivity index (χ3n) is 5.46. The van der Waals surface area contributed by atoms with Crippen molar-refractivity contribution in [2.45, 2.75) is 25.9 Å². The highest BCUT2D eigenvalue weighted by molar-refractivity contribution is 5.90. The number of carbonyl (C=O) groups excluding carboxylic acids is 2. The van der Waals surface area contributed by atoms with E-state index in [2.05, 4.69) is 20.2 Å². The van der Waals surface area contributed by atoms with Gasteiger partial charge in [-0.15, -0.1) is 0 Å². The minimum atomic E-state index is -0.569. The molecule has 0 unspecified atom stereocenters. The van der Waals surface area contributed by atoms with Crippen molar-refractivity contribution in [3.63, 3.8) is 0 Å². The molecular weight excluding hydrogens is 417 g/mol. The summed E-state index contributed by atoms with van der Waals surface area (Å²) in [6.45, 7) is 10.4. The van der Waals surface area contributed by atoms with Gasteiger partial charge in [0.1, 0.15) is 11.9 Å². The molecule has 32 heavy (non-hydrogen) atoms. The van der Waals surface area contributed by atoms with E-state index in [4.69, 9.17) is 11.3 Å². The maximum absolute atomic E-state index is 15.0. The Labute approximate surface area is 184 Å². The molecule has 2 aliphatic rings. The number of ether oxygens (including phenoxy) is 1. The molecule has 0 bridgehead atoms. The molecule has 1 aromatic heterocycles. The first-order chi connectivity index (χ1) is 15.5. The fourth-order valence-corrected chi connectivity index (χ4v) is 3.87. The number of hydrogen-bond donors (Lipinski definition) is 1. The summed E-state index contributed by atoms with van der Waals surface area (Å²) >= 11 is 0. The second-order valence-corrected chi connectivity index (χ2v) is 7.56. The van der Waals surface area contributed by atoms with Crippen LogP contribution in [0, 0.1) is 12.4 Å². The molecule has 3 heterocycles. The lowest BCUT2D eigenvalue weighted by Gasteiger charge is -2.31. The summed E-state index contributed by atoms with van der Waals surface area (Å²) in [7, 11) is 0. The molecule has 10 nitrogen and oxygen atoms in total. The molecule has 2 saturated heterocycles. The number of anilines is 2. The second-order valence-electron chi connectivity index (χ2n) is 7.56. The van der Waals surface area contributed by atoms with Crippen LogP contribution in [0.15, 0.2) is 36.4 Å². The summed E-state index contributed by atoms with van der Waals surface area (Å²) < 4.78 is 21.7. The first-order valence-electron chi connectivity index (χ1n) is 10.2. The van der Waals surface area contributed by atoms with Crippen molar-refractivity contribution >= 4 is 29.2 Å². The number of halogens is 1. The molecule has 0 radical (unpaired) electrons. The summed E-state index contributed by atoms with van der Waals surface area (Å²) in [5, 5.41) is 6.64. The molecule has 11 heteroatoms. The molecule has 0 saturated carbocycles. The van der Waals surface area contributed by atoms with Crippen LogP contribution in [0.4, 0.5) is 20.6 Å². The third-order valence-corrected chi connectivity index (χ3v) is 5.46. The van der Waals surface area contributed by atoms with Gasteiger partial charge >= 0.3 is 6.09 Å². The SMILES string of the molecule is [C-]#[N+]C(=C1CCN(c2ccc(N3C[C@H](CNC(C)=O)OC3=O)cc2F)CC1)n1cncn1. The van der Waals surface area contributed by atoms with E-state index >= 15 is 0 Å². The predicted molar refractivity (Wildman–Crippen MR) is 114 cm³/mol. The molecule has 0 aliphatic carbocycles. The number of nitrogens with zero attached hydrogens (tertiary/aromatic N) is 6. The van der Waals surface area contributed by atoms with Gasteiger partial charge in [-0.1, -0.05) is 11.7 Å². The summed E-state index contributed by atoms with van der Waals surface area (Å²) in [6, 6.07) is 4.66. The van der Waals surface area contributed by atoms with E-state index in [1.165, 1.54) is 35.2 Å². The summed E-state index contributed by atoms with van der Waals surface area (Å²) in [5.41, 5.74) is 1.81. The van der Waals surface area contributed by atoms with Crippen LogP contribution in [0.1, 0.15) is 19.8 Å². The van der Waals surface area contributed by atoms with Crippen LogP contribution in [0.2, 0.25) is 0 Å². The van der Waals surface area contributed by atoms with Gasteiger partial charge in [0.25, 0.3) is 5.82 Å². The quantitative estimate of drug-likeness (QED) is 0.718. The topological polar surface area (TPSA) is 97.0 Å². The number of nitrogens with one attached hydrogen (secondary N) is 1. The Morgan fingerprint density at radius 2 is 2.16 bits per heavy atom. The molecule has 2 amide bonds. The van der Waals surface area contributed by atoms with Crippen molar-refractivity contribution in [1.29, 1.82) is 0 Å². The summed E-state index contributed by atoms with van der Waals surface area (Å²) in [6.07, 6.45) is 3.05. The van der Waals surface area contributed by atoms with E-state index in [1.54, 1.807) is 12.1 Å². The van der Waals surface area contributed by atoms with Crippen molar-refractivity contribution in [3.8, 4) is 0 Å². The number of hydrogen-bond acceptors (Lipinski definition) is 6. The van der Waals surface area contributed by atoms with E-state index in [1.807, 2.05) is 4.90 Å². The minimum absolute atomic E-state index is 0.209. The number of cyclic esters (lactones) is 1. The number of aromatic nitrogens is 3. The van der Waals surface area contributed by atoms with Gasteiger partial charge in [0.05, 0.1) is 24.5 Å². The van der Waals surface area contributed by atoms with Crippen LogP contribution >= 0.6 is 0 Å². The zero-order valence-corrected chi connectivity index (χ0v) is 17.5. The van der Waals surface area contributed by atoms with Crippen LogP contribution in [0.25, 0.3) is 10.7 Å². The Kier molecular flexibility index (Phi) is 6.02. The summed E-state index contributed by atoms with van der Waals surface area (Å²) in [4.78, 5) is 34.0. The van der Waals surface area contributed by atoms with Crippen molar-refractivity contribution in [1.82, 2.24) is 20.1 Å². The van der Waals surface area contributed by atoms with Crippen LogP contribution in [-0.2, 0) is 9.53 Å². The zero-order chi connectivity index (χ0) is 22.7. The van der Waals surface area contributed by atoms with E-state index in [9.17, 15) is 14.0 Å². The lowest BCUT2D eigenvalue weighted by atomic mass is 10.0. The first kappa shape index (κ1) is 21.3. The van der Waals surface area contributed by atoms with Gasteiger partial charge in [-0.05, 0) is 36.6 Å². The lowest BCUT2D eigenvalue weighted by molar-refractivity contribution is -0.119. The van der Waals surface area contributed by atoms with E-state index in [-0.39, 0.29) is 19.0 Å². The third kappa shape index (κ3) is 4.39. The van der Waals surface area contributed by atoms with Gasteiger partial charge in [0.15, 0.2) is 12.7 Å². The lowest BCUT2D eigenvalue weighted by Crippen LogP contribution is -2.33. The molecule has 2 aromatic rings. The number of rotatable bonds is 5. The van der Waals surface area contributed by atoms with Crippen molar-refractivity contribution in [2.75, 3.05) is 36.0 Å². The first-order valence-corrected chi connectivity index (χ1v) is 10.2. The Balaban J connectivity index is 1.43. The fourth-order valence-electron chi connectivity index (χ4n) is 3.87. The van der Waals surface area contributed by atoms with E-state index in [0.29, 0.717) is 43.1 Å². The highest BCUT2D eigenvalue weighted by atomic mass is 19.1. The average Bonchev–Trinajstić information content (AvgIpc) is 3.43. The van der Waals surface area contributed by atoms with Crippen LogP contribution in [0.5, 0.6) is 0 Å². The molecule has 2 fully saturated rings. The maximum atomic E-state index is 15.0. The van der Waals surface area contributed by atoms with Crippen LogP contribution < -0.4 is 15.1 Å². The highest BCUT2D eigenvalue weighted by Gasteiger charge is 2.33. The molecule has 1 atom stereocenters. The fraction of sp³-hybridized carbons (Fsp3) is 0.381. The van der Waals surface area contributed by atoms with E-state index < -0.39 is 18.0 Å². The zero-order valence-electron chi connectivity index (χ0n) is 17.5. The number of benzene rings is 1. The largest absolute Gasteiger partial charge is 0.442 e. The van der Waals surface area contributed by atoms with Gasteiger partial charge in [-0.2, -0.15) is 9.67 Å². The van der Waals surface area contributed by atoms with Crippen molar-refractivity contribution in [3.05, 3.63) is 53.7 Å². The molecule has 4 rings (SSSR count). The van der Waals surface area contributed by atoms with Crippen LogP contribution in [-0.4, -0.2) is 59.0 Å². The molecule has 1 aromatic carbocycles. The van der Waals surface area contributed by atoms with Gasteiger partial charge in [0, 0.05) is 20.0 Å². The number of carbonyl (C=O) groups is 2. The standard InChI is InChI=1S/C21H22FN7O3/c1-14(30)25-10-17-11-28(21(31)32-17)16-3-4-19(18(22)9-16)27-7-5-15(6-8-27)20(23-2)29-13-24-12-26-29/h3-4,9,12-13,17H,5-8,10-11H2,1H3,(H,25,30)/t17-/m0/s1. The Morgan fingerprint density at radius 3 is 2.78 bits per heavy atom. The Bertz CT molecular complexity index is 1080. The van der Waals surface area contributed by atoms with Gasteiger partial charge in [-0.25, -0.2) is 9.18 Å². The molecule has 1 N–H and O–H groups in total. The normalized spacial score (nSPS) is 18.3. The van der Waals surface area contributed by atoms with Gasteiger partial charge in [-0.3, -0.25) is 9.69 Å². The van der Waals surface area contributed by atoms with Gasteiger partial charge < -0.3 is 19.8 Å². The maximum Gasteiger partial charge on any atom is 0.414 e. The minimum Gasteiger partial charge on any atom is -0.442 e. The van der Waals surface area contributed by atoms with Crippen LogP contribution in [0.3, 0.4) is 0 Å². The molecule has 0 spiro atoms. The molecule has 2 aliphatic heterocycles. The van der Waals surface area contributed by atoms with Crippen molar-refractivity contribution < 1.29 is 18.7 Å². The summed E-state index contributed by atoms with van der Waals surface area (Å²) in [5.74, 6) is -0.201. The Morgan fingerprint density at radius 1 is 1.38 bits per heavy atom. The monoisotopic (exact) mass is 439 g/mol. The predicted octanol–water partition coefficient (Wildman–Crippen LogP) is 2.27. The second kappa shape index (κ2) is 9.05. The highest BCUT2D eigenvalue weighted by Crippen LogP contribution is 2.31. The van der Waals surface area contributed by atoms with Crippen molar-refractivity contribution in [2.24, 2.45) is 0 Å². The number of piperidine rings is 1. The molecular formula is C21H22FN7O3. The van der Waals surface area contributed by atoms with Gasteiger partial charge in [0.2, 0.25) is 5.91 Å². The average molecular weight is 439 g/mol. The Hall–Kier alpha value is -3.94.